The molecule has 1 unspecified atom stereocenters. The molecule has 54 heavy (non-hydrogen) atoms. The van der Waals surface area contributed by atoms with E-state index >= 15 is 0 Å². The third kappa shape index (κ3) is 37.2. The van der Waals surface area contributed by atoms with Crippen molar-refractivity contribution in [1.82, 2.24) is 0 Å². The van der Waals surface area contributed by atoms with Crippen LogP contribution in [0.1, 0.15) is 136 Å². The van der Waals surface area contributed by atoms with Crippen molar-refractivity contribution in [3.8, 4) is 0 Å². The van der Waals surface area contributed by atoms with Crippen LogP contribution in [0.15, 0.2) is 85.1 Å². The minimum atomic E-state index is -4.42. The summed E-state index contributed by atoms with van der Waals surface area (Å²) in [7, 11) is -4.42. The number of hydrogen-bond acceptors (Lipinski definition) is 9. The van der Waals surface area contributed by atoms with Crippen molar-refractivity contribution in [2.45, 2.75) is 142 Å². The number of nitrogens with two attached hydrogens (primary N) is 1. The first-order valence-electron chi connectivity index (χ1n) is 20.0. The number of esters is 2. The number of carbonyl (C=O) groups excluding carboxylic acids is 3. The second-order valence-corrected chi connectivity index (χ2v) is 14.3. The summed E-state index contributed by atoms with van der Waals surface area (Å²) in [6, 6.07) is 0. The summed E-state index contributed by atoms with van der Waals surface area (Å²) in [6.07, 6.45) is 43.0. The quantitative estimate of drug-likeness (QED) is 0.0157. The zero-order chi connectivity index (χ0) is 39.8. The van der Waals surface area contributed by atoms with E-state index in [0.29, 0.717) is 25.7 Å². The normalized spacial score (nSPS) is 14.1. The van der Waals surface area contributed by atoms with E-state index in [-0.39, 0.29) is 38.4 Å². The van der Waals surface area contributed by atoms with Gasteiger partial charge in [0.2, 0.25) is 0 Å². The van der Waals surface area contributed by atoms with E-state index in [0.717, 1.165) is 64.2 Å². The molecule has 10 nitrogen and oxygen atoms in total. The summed E-state index contributed by atoms with van der Waals surface area (Å²) in [6.45, 7) is 3.33. The molecule has 11 heteroatoms. The van der Waals surface area contributed by atoms with Crippen molar-refractivity contribution < 1.29 is 42.4 Å². The summed E-state index contributed by atoms with van der Waals surface area (Å²) in [4.78, 5) is 46.8. The molecule has 0 saturated carbocycles. The molecule has 0 heterocycles. The standard InChI is InChI=1S/C43H70NO9P/c1-3-5-7-9-11-12-13-14-15-16-17-18-19-20-22-26-30-34-42(46)50-38-41(39-52-54(48,49)51-37-36-44)53-43(47)35-31-27-23-25-29-33-40(45)32-28-24-21-10-8-6-4-2/h5,7,11-12,14-15,17-18,20-22,24,28,32,41H,3-4,6,8-10,13,16,19,23,25-27,29-31,33-39,44H2,1-2H3,(H,48,49)/b7-5-,12-11-,15-14-,18-17-,22-20-,24-21-,32-28+/t41-/m1/s1. The molecule has 0 aromatic rings. The van der Waals surface area contributed by atoms with Gasteiger partial charge in [-0.15, -0.1) is 0 Å². The number of phosphoric acid groups is 1. The number of ketones is 1. The predicted octanol–water partition coefficient (Wildman–Crippen LogP) is 10.4. The van der Waals surface area contributed by atoms with Gasteiger partial charge >= 0.3 is 19.8 Å². The van der Waals surface area contributed by atoms with Gasteiger partial charge in [0, 0.05) is 25.8 Å². The summed E-state index contributed by atoms with van der Waals surface area (Å²) >= 11 is 0. The number of rotatable bonds is 36. The van der Waals surface area contributed by atoms with Crippen LogP contribution < -0.4 is 5.73 Å². The lowest BCUT2D eigenvalue weighted by Gasteiger charge is -2.19. The van der Waals surface area contributed by atoms with Crippen LogP contribution in [0.5, 0.6) is 0 Å². The fourth-order valence-corrected chi connectivity index (χ4v) is 5.53. The fraction of sp³-hybridized carbons (Fsp3) is 0.605. The lowest BCUT2D eigenvalue weighted by molar-refractivity contribution is -0.161. The van der Waals surface area contributed by atoms with Gasteiger partial charge in [-0.05, 0) is 76.7 Å². The van der Waals surface area contributed by atoms with E-state index in [1.54, 1.807) is 12.2 Å². The predicted molar refractivity (Wildman–Crippen MR) is 220 cm³/mol. The maximum Gasteiger partial charge on any atom is 0.472 e. The molecule has 0 aliphatic heterocycles. The van der Waals surface area contributed by atoms with Crippen LogP contribution in [0.25, 0.3) is 0 Å². The molecule has 0 radical (unpaired) electrons. The minimum Gasteiger partial charge on any atom is -0.462 e. The average molecular weight is 776 g/mol. The van der Waals surface area contributed by atoms with Gasteiger partial charge in [0.25, 0.3) is 0 Å². The van der Waals surface area contributed by atoms with Crippen molar-refractivity contribution in [3.63, 3.8) is 0 Å². The van der Waals surface area contributed by atoms with E-state index in [1.165, 1.54) is 19.3 Å². The zero-order valence-corrected chi connectivity index (χ0v) is 34.1. The first kappa shape index (κ1) is 50.9. The molecule has 0 aliphatic carbocycles. The van der Waals surface area contributed by atoms with Crippen LogP contribution in [-0.4, -0.2) is 55.1 Å². The molecule has 0 saturated heterocycles. The Labute approximate surface area is 326 Å². The van der Waals surface area contributed by atoms with E-state index < -0.39 is 32.5 Å². The SMILES string of the molecule is CC/C=C\C/C=C\C/C=C\C/C=C\C/C=C\CCCC(=O)OC[C@H](COP(=O)(O)OCCN)OC(=O)CCCCCCCC(=O)/C=C/C=C\CCCCC. The highest BCUT2D eigenvalue weighted by Gasteiger charge is 2.25. The van der Waals surface area contributed by atoms with Crippen molar-refractivity contribution in [2.24, 2.45) is 5.73 Å². The molecular weight excluding hydrogens is 705 g/mol. The Balaban J connectivity index is 4.41. The maximum absolute atomic E-state index is 12.5. The fourth-order valence-electron chi connectivity index (χ4n) is 4.77. The summed E-state index contributed by atoms with van der Waals surface area (Å²) in [5.74, 6) is -0.892. The van der Waals surface area contributed by atoms with Crippen LogP contribution >= 0.6 is 7.82 Å². The summed E-state index contributed by atoms with van der Waals surface area (Å²) < 4.78 is 32.5. The number of hydrogen-bond donors (Lipinski definition) is 2. The van der Waals surface area contributed by atoms with Gasteiger partial charge in [0.15, 0.2) is 11.9 Å². The molecule has 0 aromatic carbocycles. The molecule has 2 atom stereocenters. The van der Waals surface area contributed by atoms with Gasteiger partial charge in [0.1, 0.15) is 6.61 Å². The van der Waals surface area contributed by atoms with Crippen LogP contribution in [0.4, 0.5) is 0 Å². The highest BCUT2D eigenvalue weighted by atomic mass is 31.2. The van der Waals surface area contributed by atoms with Gasteiger partial charge in [-0.2, -0.15) is 0 Å². The first-order valence-corrected chi connectivity index (χ1v) is 21.5. The maximum atomic E-state index is 12.5. The Hall–Kier alpha value is -3.14. The lowest BCUT2D eigenvalue weighted by Crippen LogP contribution is -2.29. The smallest absolute Gasteiger partial charge is 0.462 e. The molecule has 0 spiro atoms. The van der Waals surface area contributed by atoms with Gasteiger partial charge in [-0.1, -0.05) is 125 Å². The Morgan fingerprint density at radius 2 is 1.20 bits per heavy atom. The highest BCUT2D eigenvalue weighted by Crippen LogP contribution is 2.43. The third-order valence-electron chi connectivity index (χ3n) is 7.74. The molecule has 0 bridgehead atoms. The van der Waals surface area contributed by atoms with E-state index in [2.05, 4.69) is 74.6 Å². The van der Waals surface area contributed by atoms with E-state index in [1.807, 2.05) is 12.2 Å². The van der Waals surface area contributed by atoms with Crippen LogP contribution in [0.3, 0.4) is 0 Å². The number of unbranched alkanes of at least 4 members (excludes halogenated alkanes) is 8. The minimum absolute atomic E-state index is 0.0216. The Bertz CT molecular complexity index is 1220. The number of allylic oxidation sites excluding steroid dienone is 14. The number of phosphoric ester groups is 1. The average Bonchev–Trinajstić information content (AvgIpc) is 3.15. The molecule has 0 fully saturated rings. The highest BCUT2D eigenvalue weighted by molar-refractivity contribution is 7.47. The van der Waals surface area contributed by atoms with Gasteiger partial charge < -0.3 is 20.1 Å². The number of carbonyl (C=O) groups is 3. The molecule has 3 N–H and O–H groups in total. The van der Waals surface area contributed by atoms with Gasteiger partial charge in [-0.25, -0.2) is 4.57 Å². The summed E-state index contributed by atoms with van der Waals surface area (Å²) in [5.41, 5.74) is 5.32. The molecule has 306 valence electrons. The molecule has 0 aromatic heterocycles. The first-order chi connectivity index (χ1) is 26.2. The number of ether oxygens (including phenoxy) is 2. The van der Waals surface area contributed by atoms with E-state index in [9.17, 15) is 23.8 Å². The Morgan fingerprint density at radius 1 is 0.630 bits per heavy atom. The van der Waals surface area contributed by atoms with Crippen LogP contribution in [0.2, 0.25) is 0 Å². The molecule has 0 aliphatic rings. The van der Waals surface area contributed by atoms with Crippen LogP contribution in [-0.2, 0) is 37.5 Å². The second-order valence-electron chi connectivity index (χ2n) is 12.8. The Kier molecular flexibility index (Phi) is 35.9. The molecule has 0 amide bonds. The topological polar surface area (TPSA) is 151 Å². The largest absolute Gasteiger partial charge is 0.472 e. The van der Waals surface area contributed by atoms with Gasteiger partial charge in [-0.3, -0.25) is 23.4 Å². The monoisotopic (exact) mass is 775 g/mol. The van der Waals surface area contributed by atoms with Crippen molar-refractivity contribution in [1.29, 1.82) is 0 Å². The Morgan fingerprint density at radius 3 is 1.83 bits per heavy atom. The lowest BCUT2D eigenvalue weighted by atomic mass is 10.1. The van der Waals surface area contributed by atoms with Crippen molar-refractivity contribution in [2.75, 3.05) is 26.4 Å². The second kappa shape index (κ2) is 38.1. The van der Waals surface area contributed by atoms with Crippen LogP contribution in [0, 0.1) is 0 Å². The van der Waals surface area contributed by atoms with Gasteiger partial charge in [0.05, 0.1) is 13.2 Å². The van der Waals surface area contributed by atoms with Crippen molar-refractivity contribution >= 4 is 25.5 Å². The van der Waals surface area contributed by atoms with Crippen molar-refractivity contribution in [3.05, 3.63) is 85.1 Å². The summed E-state index contributed by atoms with van der Waals surface area (Å²) in [5, 5.41) is 0. The third-order valence-corrected chi connectivity index (χ3v) is 8.73. The molecule has 0 rings (SSSR count). The molecular formula is C43H70NO9P. The van der Waals surface area contributed by atoms with E-state index in [4.69, 9.17) is 24.3 Å². The zero-order valence-electron chi connectivity index (χ0n) is 33.2.